The number of rotatable bonds is 7. The molecule has 0 bridgehead atoms. The predicted molar refractivity (Wildman–Crippen MR) is 62.6 cm³/mol. The summed E-state index contributed by atoms with van der Waals surface area (Å²) in [6.45, 7) is 3.89. The molecule has 1 atom stereocenters. The van der Waals surface area contributed by atoms with E-state index in [0.29, 0.717) is 5.92 Å². The van der Waals surface area contributed by atoms with Crippen molar-refractivity contribution in [3.63, 3.8) is 0 Å². The van der Waals surface area contributed by atoms with Gasteiger partial charge >= 0.3 is 0 Å². The van der Waals surface area contributed by atoms with E-state index >= 15 is 0 Å². The van der Waals surface area contributed by atoms with E-state index in [-0.39, 0.29) is 0 Å². The Balaban J connectivity index is 2.33. The molecule has 4 nitrogen and oxygen atoms in total. The average Bonchev–Trinajstić information content (AvgIpc) is 2.28. The number of hydrogen-bond acceptors (Lipinski definition) is 4. The predicted octanol–water partition coefficient (Wildman–Crippen LogP) is 1.65. The first-order chi connectivity index (χ1) is 7.36. The van der Waals surface area contributed by atoms with Crippen LogP contribution in [0.4, 0.5) is 5.82 Å². The molecule has 0 aliphatic heterocycles. The molecule has 1 aromatic rings. The lowest BCUT2D eigenvalue weighted by Crippen LogP contribution is -2.18. The maximum Gasteiger partial charge on any atom is 0.144 e. The summed E-state index contributed by atoms with van der Waals surface area (Å²) in [5.74, 6) is 1.48. The Bertz CT molecular complexity index is 244. The summed E-state index contributed by atoms with van der Waals surface area (Å²) < 4.78 is 0. The summed E-state index contributed by atoms with van der Waals surface area (Å²) in [6.07, 6.45) is 8.60. The van der Waals surface area contributed by atoms with Crippen molar-refractivity contribution in [1.29, 1.82) is 0 Å². The molecule has 3 N–H and O–H groups in total. The summed E-state index contributed by atoms with van der Waals surface area (Å²) in [5.41, 5.74) is 5.57. The largest absolute Gasteiger partial charge is 0.369 e. The molecule has 0 aliphatic carbocycles. The fourth-order valence-electron chi connectivity index (χ4n) is 1.63. The Morgan fingerprint density at radius 3 is 2.87 bits per heavy atom. The van der Waals surface area contributed by atoms with Gasteiger partial charge in [-0.3, -0.25) is 4.98 Å². The van der Waals surface area contributed by atoms with E-state index in [1.807, 2.05) is 0 Å². The van der Waals surface area contributed by atoms with E-state index < -0.39 is 0 Å². The van der Waals surface area contributed by atoms with Gasteiger partial charge in [0.15, 0.2) is 0 Å². The van der Waals surface area contributed by atoms with Gasteiger partial charge in [-0.25, -0.2) is 4.98 Å². The number of nitrogens with zero attached hydrogens (tertiary/aromatic N) is 2. The molecule has 0 spiro atoms. The highest BCUT2D eigenvalue weighted by Crippen LogP contribution is 2.11. The van der Waals surface area contributed by atoms with E-state index in [0.717, 1.165) is 25.3 Å². The van der Waals surface area contributed by atoms with Crippen molar-refractivity contribution in [2.45, 2.75) is 26.2 Å². The van der Waals surface area contributed by atoms with Gasteiger partial charge in [0.2, 0.25) is 0 Å². The molecule has 4 heteroatoms. The van der Waals surface area contributed by atoms with Crippen LogP contribution in [0.5, 0.6) is 0 Å². The molecule has 1 rings (SSSR count). The maximum atomic E-state index is 5.57. The van der Waals surface area contributed by atoms with Gasteiger partial charge in [0.1, 0.15) is 5.82 Å². The monoisotopic (exact) mass is 208 g/mol. The normalized spacial score (nSPS) is 12.4. The molecule has 0 aliphatic rings. The zero-order valence-corrected chi connectivity index (χ0v) is 9.32. The van der Waals surface area contributed by atoms with Gasteiger partial charge in [-0.1, -0.05) is 13.3 Å². The molecule has 1 aromatic heterocycles. The summed E-state index contributed by atoms with van der Waals surface area (Å²) in [7, 11) is 0. The zero-order valence-electron chi connectivity index (χ0n) is 9.32. The van der Waals surface area contributed by atoms with Crippen LogP contribution in [0.25, 0.3) is 0 Å². The van der Waals surface area contributed by atoms with Crippen molar-refractivity contribution >= 4 is 5.82 Å². The Kier molecular flexibility index (Phi) is 5.70. The Morgan fingerprint density at radius 1 is 1.40 bits per heavy atom. The molecule has 0 radical (unpaired) electrons. The lowest BCUT2D eigenvalue weighted by Gasteiger charge is -2.15. The highest BCUT2D eigenvalue weighted by atomic mass is 15.0. The van der Waals surface area contributed by atoms with Crippen LogP contribution in [0.15, 0.2) is 18.6 Å². The smallest absolute Gasteiger partial charge is 0.144 e. The van der Waals surface area contributed by atoms with Gasteiger partial charge in [0.05, 0.1) is 6.20 Å². The second kappa shape index (κ2) is 7.17. The first-order valence-electron chi connectivity index (χ1n) is 5.56. The van der Waals surface area contributed by atoms with Crippen molar-refractivity contribution in [2.24, 2.45) is 11.7 Å². The van der Waals surface area contributed by atoms with Gasteiger partial charge < -0.3 is 11.1 Å². The van der Waals surface area contributed by atoms with Crippen molar-refractivity contribution in [3.8, 4) is 0 Å². The van der Waals surface area contributed by atoms with E-state index in [1.165, 1.54) is 12.8 Å². The van der Waals surface area contributed by atoms with Crippen LogP contribution in [0.1, 0.15) is 26.2 Å². The van der Waals surface area contributed by atoms with E-state index in [9.17, 15) is 0 Å². The number of hydrogen-bond donors (Lipinski definition) is 2. The molecule has 0 saturated carbocycles. The van der Waals surface area contributed by atoms with E-state index in [2.05, 4.69) is 22.2 Å². The lowest BCUT2D eigenvalue weighted by atomic mass is 10.00. The molecule has 0 saturated heterocycles. The van der Waals surface area contributed by atoms with E-state index in [1.54, 1.807) is 18.6 Å². The van der Waals surface area contributed by atoms with Crippen LogP contribution in [-0.2, 0) is 0 Å². The number of nitrogens with two attached hydrogens (primary N) is 1. The summed E-state index contributed by atoms with van der Waals surface area (Å²) in [5, 5.41) is 3.29. The third kappa shape index (κ3) is 4.74. The molecular formula is C11H20N4. The average molecular weight is 208 g/mol. The first-order valence-corrected chi connectivity index (χ1v) is 5.56. The van der Waals surface area contributed by atoms with Gasteiger partial charge in [0, 0.05) is 18.9 Å². The van der Waals surface area contributed by atoms with Crippen molar-refractivity contribution in [3.05, 3.63) is 18.6 Å². The van der Waals surface area contributed by atoms with Crippen LogP contribution in [-0.4, -0.2) is 23.1 Å². The zero-order chi connectivity index (χ0) is 10.9. The van der Waals surface area contributed by atoms with Crippen molar-refractivity contribution < 1.29 is 0 Å². The van der Waals surface area contributed by atoms with Crippen molar-refractivity contribution in [1.82, 2.24) is 9.97 Å². The highest BCUT2D eigenvalue weighted by Gasteiger charge is 2.06. The van der Waals surface area contributed by atoms with Gasteiger partial charge in [-0.2, -0.15) is 0 Å². The summed E-state index contributed by atoms with van der Waals surface area (Å²) in [6, 6.07) is 0. The number of anilines is 1. The molecule has 1 unspecified atom stereocenters. The van der Waals surface area contributed by atoms with Crippen LogP contribution in [0.3, 0.4) is 0 Å². The minimum atomic E-state index is 0.641. The molecule has 15 heavy (non-hydrogen) atoms. The van der Waals surface area contributed by atoms with Gasteiger partial charge in [-0.15, -0.1) is 0 Å². The third-order valence-electron chi connectivity index (χ3n) is 2.41. The van der Waals surface area contributed by atoms with Crippen molar-refractivity contribution in [2.75, 3.05) is 18.4 Å². The number of aromatic nitrogens is 2. The van der Waals surface area contributed by atoms with Crippen LogP contribution in [0, 0.1) is 5.92 Å². The summed E-state index contributed by atoms with van der Waals surface area (Å²) in [4.78, 5) is 8.17. The van der Waals surface area contributed by atoms with Gasteiger partial charge in [-0.05, 0) is 25.3 Å². The summed E-state index contributed by atoms with van der Waals surface area (Å²) >= 11 is 0. The molecule has 0 fully saturated rings. The Morgan fingerprint density at radius 2 is 2.27 bits per heavy atom. The molecule has 1 heterocycles. The second-order valence-electron chi connectivity index (χ2n) is 3.70. The Hall–Kier alpha value is -1.16. The third-order valence-corrected chi connectivity index (χ3v) is 2.41. The second-order valence-corrected chi connectivity index (χ2v) is 3.70. The first kappa shape index (κ1) is 11.9. The number of nitrogens with one attached hydrogen (secondary N) is 1. The molecule has 0 amide bonds. The standard InChI is InChI=1S/C11H20N4/c1-2-3-10(4-5-12)8-15-11-9-13-6-7-14-11/h6-7,9-10H,2-5,8,12H2,1H3,(H,14,15). The minimum absolute atomic E-state index is 0.641. The topological polar surface area (TPSA) is 63.8 Å². The van der Waals surface area contributed by atoms with E-state index in [4.69, 9.17) is 5.73 Å². The molecule has 0 aromatic carbocycles. The lowest BCUT2D eigenvalue weighted by molar-refractivity contribution is 0.473. The maximum absolute atomic E-state index is 5.57. The minimum Gasteiger partial charge on any atom is -0.369 e. The quantitative estimate of drug-likeness (QED) is 0.715. The SMILES string of the molecule is CCCC(CCN)CNc1cnccn1. The molecular weight excluding hydrogens is 188 g/mol. The Labute approximate surface area is 91.3 Å². The van der Waals surface area contributed by atoms with Crippen LogP contribution in [0.2, 0.25) is 0 Å². The fourth-order valence-corrected chi connectivity index (χ4v) is 1.63. The van der Waals surface area contributed by atoms with Crippen LogP contribution < -0.4 is 11.1 Å². The fraction of sp³-hybridized carbons (Fsp3) is 0.636. The highest BCUT2D eigenvalue weighted by molar-refractivity contribution is 5.29. The van der Waals surface area contributed by atoms with Crippen LogP contribution >= 0.6 is 0 Å². The van der Waals surface area contributed by atoms with Gasteiger partial charge in [0.25, 0.3) is 0 Å². The molecule has 84 valence electrons.